The Morgan fingerprint density at radius 2 is 2.55 bits per heavy atom. The number of hydrogen-bond donors (Lipinski definition) is 0. The molecule has 0 aliphatic rings. The van der Waals surface area contributed by atoms with Crippen LogP contribution >= 0.6 is 0 Å². The minimum atomic E-state index is 0.0965. The van der Waals surface area contributed by atoms with Gasteiger partial charge in [0, 0.05) is 18.7 Å². The fourth-order valence-electron chi connectivity index (χ4n) is 0.742. The molecule has 0 saturated heterocycles. The minimum absolute atomic E-state index is 0.0965. The highest BCUT2D eigenvalue weighted by Crippen LogP contribution is 2.00. The van der Waals surface area contributed by atoms with Crippen molar-refractivity contribution in [2.24, 2.45) is 5.92 Å². The summed E-state index contributed by atoms with van der Waals surface area (Å²) in [6, 6.07) is 2.17. The van der Waals surface area contributed by atoms with E-state index in [-0.39, 0.29) is 5.92 Å². The first-order valence-electron chi connectivity index (χ1n) is 3.56. The molecule has 0 fully saturated rings. The Morgan fingerprint density at radius 3 is 3.09 bits per heavy atom. The summed E-state index contributed by atoms with van der Waals surface area (Å²) in [4.78, 5) is 0. The van der Waals surface area contributed by atoms with Gasteiger partial charge < -0.3 is 0 Å². The van der Waals surface area contributed by atoms with E-state index >= 15 is 0 Å². The predicted molar refractivity (Wildman–Crippen MR) is 39.4 cm³/mol. The molecule has 11 heavy (non-hydrogen) atoms. The predicted octanol–water partition coefficient (Wildman–Crippen LogP) is 0.828. The number of nitriles is 1. The van der Waals surface area contributed by atoms with Crippen LogP contribution in [-0.2, 0) is 6.54 Å². The smallest absolute Gasteiger partial charge is 0.0692 e. The zero-order valence-electron chi connectivity index (χ0n) is 6.44. The van der Waals surface area contributed by atoms with E-state index in [1.54, 1.807) is 17.1 Å². The molecule has 0 spiro atoms. The molecule has 0 aliphatic carbocycles. The molecule has 1 aromatic rings. The van der Waals surface area contributed by atoms with Crippen LogP contribution in [0.2, 0.25) is 0 Å². The molecule has 0 N–H and O–H groups in total. The number of nitrogens with zero attached hydrogens (tertiary/aromatic N) is 4. The first kappa shape index (κ1) is 7.73. The van der Waals surface area contributed by atoms with Crippen LogP contribution in [0.4, 0.5) is 0 Å². The lowest BCUT2D eigenvalue weighted by Crippen LogP contribution is -2.02. The molecule has 0 aliphatic heterocycles. The fourth-order valence-corrected chi connectivity index (χ4v) is 0.742. The average molecular weight is 150 g/mol. The lowest BCUT2D eigenvalue weighted by atomic mass is 10.1. The standard InChI is InChI=1S/C7H10N4/c1-7(6-8)2-4-11-5-3-9-10-11/h3,5,7H,2,4H2,1H3. The van der Waals surface area contributed by atoms with E-state index in [0.29, 0.717) is 0 Å². The highest BCUT2D eigenvalue weighted by molar-refractivity contribution is 4.78. The summed E-state index contributed by atoms with van der Waals surface area (Å²) in [7, 11) is 0. The van der Waals surface area contributed by atoms with Gasteiger partial charge in [-0.15, -0.1) is 5.10 Å². The van der Waals surface area contributed by atoms with Gasteiger partial charge in [-0.3, -0.25) is 4.68 Å². The zero-order chi connectivity index (χ0) is 8.10. The van der Waals surface area contributed by atoms with Crippen LogP contribution in [0.5, 0.6) is 0 Å². The van der Waals surface area contributed by atoms with Crippen LogP contribution in [0.1, 0.15) is 13.3 Å². The Bertz CT molecular complexity index is 233. The van der Waals surface area contributed by atoms with Gasteiger partial charge in [0.15, 0.2) is 0 Å². The first-order chi connectivity index (χ1) is 5.33. The molecule has 1 unspecified atom stereocenters. The van der Waals surface area contributed by atoms with Gasteiger partial charge in [-0.1, -0.05) is 5.21 Å². The molecule has 1 heterocycles. The molecule has 4 nitrogen and oxygen atoms in total. The Hall–Kier alpha value is -1.37. The van der Waals surface area contributed by atoms with Crippen molar-refractivity contribution < 1.29 is 0 Å². The molecule has 0 amide bonds. The monoisotopic (exact) mass is 150 g/mol. The summed E-state index contributed by atoms with van der Waals surface area (Å²) >= 11 is 0. The highest BCUT2D eigenvalue weighted by atomic mass is 15.4. The largest absolute Gasteiger partial charge is 0.253 e. The summed E-state index contributed by atoms with van der Waals surface area (Å²) in [6.45, 7) is 2.67. The van der Waals surface area contributed by atoms with Gasteiger partial charge in [-0.2, -0.15) is 5.26 Å². The molecule has 4 heteroatoms. The number of hydrogen-bond acceptors (Lipinski definition) is 3. The summed E-state index contributed by atoms with van der Waals surface area (Å²) in [6.07, 6.45) is 4.26. The van der Waals surface area contributed by atoms with E-state index in [9.17, 15) is 0 Å². The van der Waals surface area contributed by atoms with E-state index in [1.165, 1.54) is 0 Å². The van der Waals surface area contributed by atoms with Crippen molar-refractivity contribution in [3.05, 3.63) is 12.4 Å². The van der Waals surface area contributed by atoms with Crippen molar-refractivity contribution in [3.63, 3.8) is 0 Å². The SMILES string of the molecule is CC(C#N)CCn1ccnn1. The quantitative estimate of drug-likeness (QED) is 0.641. The van der Waals surface area contributed by atoms with Gasteiger partial charge in [-0.25, -0.2) is 0 Å². The Labute approximate surface area is 65.4 Å². The van der Waals surface area contributed by atoms with Crippen LogP contribution in [-0.4, -0.2) is 15.0 Å². The summed E-state index contributed by atoms with van der Waals surface area (Å²) in [5, 5.41) is 15.9. The van der Waals surface area contributed by atoms with Crippen LogP contribution < -0.4 is 0 Å². The van der Waals surface area contributed by atoms with Crippen molar-refractivity contribution >= 4 is 0 Å². The Balaban J connectivity index is 2.30. The van der Waals surface area contributed by atoms with Crippen molar-refractivity contribution in [1.82, 2.24) is 15.0 Å². The van der Waals surface area contributed by atoms with Gasteiger partial charge in [0.2, 0.25) is 0 Å². The maximum atomic E-state index is 8.47. The van der Waals surface area contributed by atoms with Crippen LogP contribution in [0.25, 0.3) is 0 Å². The van der Waals surface area contributed by atoms with Crippen LogP contribution in [0.3, 0.4) is 0 Å². The number of rotatable bonds is 3. The Kier molecular flexibility index (Phi) is 2.61. The van der Waals surface area contributed by atoms with Gasteiger partial charge in [-0.05, 0) is 13.3 Å². The zero-order valence-corrected chi connectivity index (χ0v) is 6.44. The summed E-state index contributed by atoms with van der Waals surface area (Å²) < 4.78 is 1.73. The topological polar surface area (TPSA) is 54.5 Å². The molecular formula is C7H10N4. The maximum absolute atomic E-state index is 8.47. The molecule has 58 valence electrons. The van der Waals surface area contributed by atoms with Crippen molar-refractivity contribution in [1.29, 1.82) is 5.26 Å². The van der Waals surface area contributed by atoms with Crippen LogP contribution in [0.15, 0.2) is 12.4 Å². The molecule has 0 aromatic carbocycles. The van der Waals surface area contributed by atoms with Gasteiger partial charge in [0.05, 0.1) is 12.3 Å². The fraction of sp³-hybridized carbons (Fsp3) is 0.571. The Morgan fingerprint density at radius 1 is 1.73 bits per heavy atom. The normalized spacial score (nSPS) is 12.4. The third kappa shape index (κ3) is 2.38. The third-order valence-corrected chi connectivity index (χ3v) is 1.48. The number of aryl methyl sites for hydroxylation is 1. The van der Waals surface area contributed by atoms with Crippen molar-refractivity contribution in [3.8, 4) is 6.07 Å². The van der Waals surface area contributed by atoms with E-state index in [0.717, 1.165) is 13.0 Å². The van der Waals surface area contributed by atoms with Crippen molar-refractivity contribution in [2.75, 3.05) is 0 Å². The number of aromatic nitrogens is 3. The second-order valence-electron chi connectivity index (χ2n) is 2.48. The van der Waals surface area contributed by atoms with Crippen molar-refractivity contribution in [2.45, 2.75) is 19.9 Å². The molecule has 0 radical (unpaired) electrons. The van der Waals surface area contributed by atoms with Gasteiger partial charge in [0.25, 0.3) is 0 Å². The minimum Gasteiger partial charge on any atom is -0.253 e. The van der Waals surface area contributed by atoms with Gasteiger partial charge in [0.1, 0.15) is 0 Å². The van der Waals surface area contributed by atoms with Crippen LogP contribution in [0, 0.1) is 17.2 Å². The van der Waals surface area contributed by atoms with E-state index in [2.05, 4.69) is 16.4 Å². The molecule has 1 rings (SSSR count). The third-order valence-electron chi connectivity index (χ3n) is 1.48. The molecule has 1 aromatic heterocycles. The van der Waals surface area contributed by atoms with Gasteiger partial charge >= 0.3 is 0 Å². The lowest BCUT2D eigenvalue weighted by Gasteiger charge is -2.00. The summed E-state index contributed by atoms with van der Waals surface area (Å²) in [5.41, 5.74) is 0. The first-order valence-corrected chi connectivity index (χ1v) is 3.56. The lowest BCUT2D eigenvalue weighted by molar-refractivity contribution is 0.510. The molecular weight excluding hydrogens is 140 g/mol. The highest BCUT2D eigenvalue weighted by Gasteiger charge is 1.99. The van der Waals surface area contributed by atoms with E-state index in [1.807, 2.05) is 6.92 Å². The molecule has 1 atom stereocenters. The van der Waals surface area contributed by atoms with E-state index < -0.39 is 0 Å². The van der Waals surface area contributed by atoms with E-state index in [4.69, 9.17) is 5.26 Å². The average Bonchev–Trinajstić information content (AvgIpc) is 2.52. The molecule has 0 saturated carbocycles. The second-order valence-corrected chi connectivity index (χ2v) is 2.48. The summed E-state index contributed by atoms with van der Waals surface area (Å²) in [5.74, 6) is 0.0965. The second kappa shape index (κ2) is 3.71. The maximum Gasteiger partial charge on any atom is 0.0692 e. The molecule has 0 bridgehead atoms.